The number of hydrogen-bond donors (Lipinski definition) is 9. The lowest BCUT2D eigenvalue weighted by molar-refractivity contribution is -0.0576. The third-order valence-electron chi connectivity index (χ3n) is 7.08. The Hall–Kier alpha value is -2.38. The number of aliphatic hydroxyl groups excluding tert-OH is 2. The van der Waals surface area contributed by atoms with Crippen LogP contribution < -0.4 is 11.5 Å². The van der Waals surface area contributed by atoms with Crippen molar-refractivity contribution in [3.8, 4) is 0 Å². The van der Waals surface area contributed by atoms with E-state index in [4.69, 9.17) is 58.9 Å². The van der Waals surface area contributed by atoms with Crippen LogP contribution >= 0.6 is 39.0 Å². The van der Waals surface area contributed by atoms with Crippen LogP contribution in [0, 0.1) is 9.28 Å². The number of ether oxygens (including phenoxy) is 2. The van der Waals surface area contributed by atoms with E-state index >= 15 is 0 Å². The van der Waals surface area contributed by atoms with Gasteiger partial charge < -0.3 is 60.3 Å². The predicted molar refractivity (Wildman–Crippen MR) is 164 cm³/mol. The lowest BCUT2D eigenvalue weighted by Crippen LogP contribution is -2.34. The summed E-state index contributed by atoms with van der Waals surface area (Å²) in [6, 6.07) is 0. The minimum Gasteiger partial charge on any atom is -0.387 e. The molecule has 26 heteroatoms. The molecule has 0 saturated carbocycles. The van der Waals surface area contributed by atoms with E-state index in [0.717, 1.165) is 0 Å². The fourth-order valence-electron chi connectivity index (χ4n) is 5.05. The molecule has 2 fully saturated rings. The molecule has 2 saturated heterocycles. The lowest BCUT2D eigenvalue weighted by atomic mass is 10.1. The van der Waals surface area contributed by atoms with Crippen LogP contribution in [0.3, 0.4) is 0 Å². The third-order valence-corrected chi connectivity index (χ3v) is 9.49. The van der Waals surface area contributed by atoms with Crippen molar-refractivity contribution in [3.63, 3.8) is 0 Å². The highest BCUT2D eigenvalue weighted by Gasteiger charge is 2.47. The molecule has 0 amide bonds. The summed E-state index contributed by atoms with van der Waals surface area (Å²) >= 11 is 14.9. The van der Waals surface area contributed by atoms with Crippen molar-refractivity contribution in [1.29, 1.82) is 0 Å². The molecule has 0 aliphatic carbocycles. The van der Waals surface area contributed by atoms with Gasteiger partial charge in [0.1, 0.15) is 57.1 Å². The number of phosphoric ester groups is 1. The number of imidazole rings is 2. The molecule has 0 spiro atoms. The van der Waals surface area contributed by atoms with Gasteiger partial charge in [-0.2, -0.15) is 9.97 Å². The zero-order valence-electron chi connectivity index (χ0n) is 23.0. The predicted octanol–water partition coefficient (Wildman–Crippen LogP) is -0.210. The average Bonchev–Trinajstić information content (AvgIpc) is 3.72. The molecule has 4 aromatic rings. The number of nitrogen functional groups attached to an aromatic ring is 2. The van der Waals surface area contributed by atoms with E-state index in [1.165, 1.54) is 21.8 Å². The van der Waals surface area contributed by atoms with Crippen molar-refractivity contribution in [3.05, 3.63) is 21.9 Å². The summed E-state index contributed by atoms with van der Waals surface area (Å²) in [4.78, 5) is 51.8. The fraction of sp³-hybridized carbons (Fsp3) is 0.500. The molecule has 2 aliphatic rings. The summed E-state index contributed by atoms with van der Waals surface area (Å²) in [6.07, 6.45) is -6.42. The lowest BCUT2D eigenvalue weighted by Gasteiger charge is -2.23. The highest BCUT2D eigenvalue weighted by molar-refractivity contribution is 8.06. The molecule has 46 heavy (non-hydrogen) atoms. The number of hydrogen-bond acceptors (Lipinski definition) is 17. The second-order valence-corrected chi connectivity index (χ2v) is 15.0. The first-order valence-corrected chi connectivity index (χ1v) is 18.0. The summed E-state index contributed by atoms with van der Waals surface area (Å²) in [6.45, 7) is -5.38. The monoisotopic (exact) mass is 740 g/mol. The smallest absolute Gasteiger partial charge is 0.387 e. The zero-order valence-corrected chi connectivity index (χ0v) is 27.2. The Morgan fingerprint density at radius 2 is 1.48 bits per heavy atom. The number of rotatable bonds is 10. The Bertz CT molecular complexity index is 2000. The Morgan fingerprint density at radius 3 is 2.09 bits per heavy atom. The minimum atomic E-state index is -4.94. The standard InChI is InChI=1S/C20H26N10O11P2S3/c21-19-25-14-10(16(44)27-19)23-4-29(14)9-1-6(7(39-9)2-38-43(35,36)46)41-42(33,34)37-3-8-12(31)13(32)18(40-8)30-5-24-11-15(30)26-20(22)28-17(11)45/h4-9,12-13,18,31-32H,1-3H2,(H,33,34)(H2,35,36,46)(H3,21,25,27,44)(H3,22,26,28,45)/t6?,7-,8-,9-,12?,13?,18-/m1/s1. The van der Waals surface area contributed by atoms with Crippen LogP contribution in [0.2, 0.25) is 0 Å². The van der Waals surface area contributed by atoms with Crippen LogP contribution in [0.25, 0.3) is 22.3 Å². The van der Waals surface area contributed by atoms with Crippen molar-refractivity contribution < 1.29 is 52.5 Å². The highest BCUT2D eigenvalue weighted by atomic mass is 32.5. The van der Waals surface area contributed by atoms with E-state index < -0.39 is 70.7 Å². The molecule has 6 heterocycles. The van der Waals surface area contributed by atoms with E-state index in [1.807, 2.05) is 0 Å². The number of anilines is 2. The van der Waals surface area contributed by atoms with Crippen LogP contribution in [0.15, 0.2) is 12.7 Å². The van der Waals surface area contributed by atoms with Crippen LogP contribution in [-0.4, -0.2) is 108 Å². The van der Waals surface area contributed by atoms with Gasteiger partial charge in [0, 0.05) is 6.42 Å². The molecule has 6 rings (SSSR count). The van der Waals surface area contributed by atoms with Gasteiger partial charge in [0.2, 0.25) is 11.9 Å². The summed E-state index contributed by atoms with van der Waals surface area (Å²) in [5.74, 6) is -0.00996. The van der Waals surface area contributed by atoms with E-state index in [0.29, 0.717) is 5.52 Å². The van der Waals surface area contributed by atoms with Gasteiger partial charge in [0.25, 0.3) is 0 Å². The Labute approximate surface area is 272 Å². The summed E-state index contributed by atoms with van der Waals surface area (Å²) in [5.41, 5.74) is 12.5. The maximum Gasteiger partial charge on any atom is 0.472 e. The molecule has 4 aromatic heterocycles. The largest absolute Gasteiger partial charge is 0.472 e. The molecule has 0 radical (unpaired) electrons. The van der Waals surface area contributed by atoms with Gasteiger partial charge in [-0.1, -0.05) is 24.4 Å². The summed E-state index contributed by atoms with van der Waals surface area (Å²) in [5, 5.41) is 21.4. The molecular formula is C20H26N10O11P2S3. The highest BCUT2D eigenvalue weighted by Crippen LogP contribution is 2.50. The van der Waals surface area contributed by atoms with E-state index in [9.17, 15) is 29.5 Å². The Kier molecular flexibility index (Phi) is 9.16. The fourth-order valence-corrected chi connectivity index (χ4v) is 7.03. The van der Waals surface area contributed by atoms with Crippen molar-refractivity contribution in [2.24, 2.45) is 0 Å². The van der Waals surface area contributed by atoms with Crippen molar-refractivity contribution in [1.82, 2.24) is 39.0 Å². The second-order valence-electron chi connectivity index (χ2n) is 10.2. The van der Waals surface area contributed by atoms with Gasteiger partial charge in [-0.05, 0) is 11.8 Å². The molecule has 4 unspecified atom stereocenters. The normalized spacial score (nSPS) is 28.3. The molecule has 2 aliphatic heterocycles. The SMILES string of the molecule is Nc1nc2c(ncn2[C@@H]2O[C@H](COP(=O)(O)OC3C[C@H](n4cnc5c(=S)[nH]c(N)nc54)O[C@@H]3COP(O)(O)=S)C(O)C2O)c(=S)[nH]1. The number of aromatic amines is 2. The molecular weight excluding hydrogens is 714 g/mol. The van der Waals surface area contributed by atoms with Gasteiger partial charge in [0.05, 0.1) is 25.9 Å². The van der Waals surface area contributed by atoms with E-state index in [2.05, 4.69) is 41.7 Å². The Balaban J connectivity index is 1.16. The second kappa shape index (κ2) is 12.6. The van der Waals surface area contributed by atoms with Crippen molar-refractivity contribution >= 4 is 85.0 Å². The van der Waals surface area contributed by atoms with Gasteiger partial charge in [-0.15, -0.1) is 0 Å². The average molecular weight is 741 g/mol. The van der Waals surface area contributed by atoms with Crippen LogP contribution in [0.5, 0.6) is 0 Å². The van der Waals surface area contributed by atoms with Crippen molar-refractivity contribution in [2.45, 2.75) is 49.4 Å². The molecule has 11 N–H and O–H groups in total. The first-order chi connectivity index (χ1) is 21.6. The van der Waals surface area contributed by atoms with Crippen LogP contribution in [-0.2, 0) is 39.4 Å². The number of nitrogens with zero attached hydrogens (tertiary/aromatic N) is 6. The molecule has 0 bridgehead atoms. The number of aliphatic hydroxyl groups is 2. The van der Waals surface area contributed by atoms with E-state index in [1.54, 1.807) is 0 Å². The number of nitrogens with one attached hydrogen (secondary N) is 2. The minimum absolute atomic E-state index is 0.00775. The van der Waals surface area contributed by atoms with Gasteiger partial charge in [-0.25, -0.2) is 14.5 Å². The van der Waals surface area contributed by atoms with Crippen LogP contribution in [0.1, 0.15) is 18.9 Å². The van der Waals surface area contributed by atoms with Crippen LogP contribution in [0.4, 0.5) is 11.9 Å². The van der Waals surface area contributed by atoms with Gasteiger partial charge in [0.15, 0.2) is 17.5 Å². The molecule has 8 atom stereocenters. The first-order valence-electron chi connectivity index (χ1n) is 13.1. The maximum absolute atomic E-state index is 13.1. The summed E-state index contributed by atoms with van der Waals surface area (Å²) in [7, 11) is -4.94. The number of aromatic nitrogens is 8. The number of nitrogens with two attached hydrogens (primary N) is 2. The quantitative estimate of drug-likeness (QED) is 0.0750. The van der Waals surface area contributed by atoms with Gasteiger partial charge in [-0.3, -0.25) is 18.2 Å². The number of phosphoric acid groups is 1. The van der Waals surface area contributed by atoms with E-state index in [-0.39, 0.29) is 44.4 Å². The number of H-pyrrole nitrogens is 2. The zero-order chi connectivity index (χ0) is 33.1. The molecule has 0 aromatic carbocycles. The molecule has 21 nitrogen and oxygen atoms in total. The molecule has 250 valence electrons. The summed E-state index contributed by atoms with van der Waals surface area (Å²) < 4.78 is 43.5. The maximum atomic E-state index is 13.1. The topological polar surface area (TPSA) is 309 Å². The number of fused-ring (bicyclic) bond motifs is 2. The third kappa shape index (κ3) is 6.78. The first kappa shape index (κ1) is 33.5. The van der Waals surface area contributed by atoms with Crippen molar-refractivity contribution in [2.75, 3.05) is 24.7 Å². The van der Waals surface area contributed by atoms with Gasteiger partial charge >= 0.3 is 14.5 Å². The Morgan fingerprint density at radius 1 is 0.913 bits per heavy atom.